The lowest BCUT2D eigenvalue weighted by Crippen LogP contribution is -2.69. The second-order valence-electron chi connectivity index (χ2n) is 6.98. The molecule has 1 aromatic rings. The summed E-state index contributed by atoms with van der Waals surface area (Å²) in [5.74, 6) is 0.0422. The molecule has 26 heavy (non-hydrogen) atoms. The molecule has 2 atom stereocenters. The van der Waals surface area contributed by atoms with Gasteiger partial charge in [0.1, 0.15) is 12.1 Å². The maximum atomic E-state index is 12.7. The van der Waals surface area contributed by atoms with Crippen LogP contribution >= 0.6 is 11.8 Å². The number of hydrogen-bond donors (Lipinski definition) is 2. The van der Waals surface area contributed by atoms with Crippen molar-refractivity contribution in [1.29, 1.82) is 0 Å². The number of piperazine rings is 2. The molecule has 7 heteroatoms. The number of carbonyl (C=O) groups excluding carboxylic acids is 2. The molecule has 0 bridgehead atoms. The molecule has 0 radical (unpaired) electrons. The van der Waals surface area contributed by atoms with E-state index < -0.39 is 0 Å². The Morgan fingerprint density at radius 1 is 1.27 bits per heavy atom. The Morgan fingerprint density at radius 3 is 2.88 bits per heavy atom. The van der Waals surface area contributed by atoms with Gasteiger partial charge in [-0.1, -0.05) is 12.1 Å². The smallest absolute Gasteiger partial charge is 0.245 e. The average molecular weight is 377 g/mol. The number of rotatable bonds is 7. The zero-order chi connectivity index (χ0) is 18.5. The first kappa shape index (κ1) is 19.2. The topological polar surface area (TPSA) is 78.7 Å². The molecule has 3 N–H and O–H groups in total. The first-order chi connectivity index (χ1) is 12.6. The number of carbonyl (C=O) groups is 2. The van der Waals surface area contributed by atoms with Crippen molar-refractivity contribution in [3.63, 3.8) is 0 Å². The highest BCUT2D eigenvalue weighted by Crippen LogP contribution is 2.21. The third-order valence-electron chi connectivity index (χ3n) is 5.15. The molecule has 0 spiro atoms. The number of nitrogens with zero attached hydrogens (tertiary/aromatic N) is 2. The summed E-state index contributed by atoms with van der Waals surface area (Å²) in [6, 6.07) is 7.73. The Bertz CT molecular complexity index is 654. The third kappa shape index (κ3) is 4.39. The van der Waals surface area contributed by atoms with Crippen LogP contribution in [-0.4, -0.2) is 66.1 Å². The van der Waals surface area contributed by atoms with E-state index in [1.807, 2.05) is 0 Å². The van der Waals surface area contributed by atoms with E-state index in [9.17, 15) is 9.59 Å². The SMILES string of the molecule is CSc1cccc(CN2CCN3C(=O)[C@H](CCCCN)NC(=O)[C@H]3C2)c1. The van der Waals surface area contributed by atoms with Crippen molar-refractivity contribution in [2.75, 3.05) is 32.4 Å². The zero-order valence-electron chi connectivity index (χ0n) is 15.3. The molecule has 2 aliphatic rings. The van der Waals surface area contributed by atoms with E-state index in [0.717, 1.165) is 25.9 Å². The molecule has 142 valence electrons. The van der Waals surface area contributed by atoms with Crippen molar-refractivity contribution in [3.8, 4) is 0 Å². The molecule has 1 aromatic carbocycles. The van der Waals surface area contributed by atoms with Gasteiger partial charge in [-0.25, -0.2) is 0 Å². The Labute approximate surface area is 159 Å². The lowest BCUT2D eigenvalue weighted by Gasteiger charge is -2.45. The van der Waals surface area contributed by atoms with Crippen LogP contribution in [0.3, 0.4) is 0 Å². The molecular formula is C19H28N4O2S. The Morgan fingerprint density at radius 2 is 2.12 bits per heavy atom. The molecule has 0 aliphatic carbocycles. The lowest BCUT2D eigenvalue weighted by atomic mass is 10.00. The molecular weight excluding hydrogens is 348 g/mol. The Balaban J connectivity index is 1.60. The van der Waals surface area contributed by atoms with Crippen LogP contribution in [0.5, 0.6) is 0 Å². The van der Waals surface area contributed by atoms with Crippen LogP contribution in [0.4, 0.5) is 0 Å². The molecule has 2 fully saturated rings. The van der Waals surface area contributed by atoms with Gasteiger partial charge in [0, 0.05) is 31.1 Å². The largest absolute Gasteiger partial charge is 0.342 e. The Hall–Kier alpha value is -1.57. The van der Waals surface area contributed by atoms with E-state index in [0.29, 0.717) is 26.1 Å². The average Bonchev–Trinajstić information content (AvgIpc) is 2.66. The van der Waals surface area contributed by atoms with Crippen LogP contribution in [-0.2, 0) is 16.1 Å². The fraction of sp³-hybridized carbons (Fsp3) is 0.579. The summed E-state index contributed by atoms with van der Waals surface area (Å²) in [7, 11) is 0. The predicted octanol–water partition coefficient (Wildman–Crippen LogP) is 1.05. The summed E-state index contributed by atoms with van der Waals surface area (Å²) >= 11 is 1.73. The number of hydrogen-bond acceptors (Lipinski definition) is 5. The summed E-state index contributed by atoms with van der Waals surface area (Å²) in [4.78, 5) is 30.5. The summed E-state index contributed by atoms with van der Waals surface area (Å²) in [6.07, 6.45) is 4.49. The van der Waals surface area contributed by atoms with Gasteiger partial charge in [-0.3, -0.25) is 14.5 Å². The quantitative estimate of drug-likeness (QED) is 0.549. The van der Waals surface area contributed by atoms with E-state index in [4.69, 9.17) is 5.73 Å². The van der Waals surface area contributed by atoms with Gasteiger partial charge in [0.2, 0.25) is 11.8 Å². The zero-order valence-corrected chi connectivity index (χ0v) is 16.1. The monoisotopic (exact) mass is 376 g/mol. The van der Waals surface area contributed by atoms with Gasteiger partial charge in [0.05, 0.1) is 0 Å². The summed E-state index contributed by atoms with van der Waals surface area (Å²) in [6.45, 7) is 3.44. The number of benzene rings is 1. The fourth-order valence-corrected chi connectivity index (χ4v) is 4.20. The molecule has 0 saturated carbocycles. The van der Waals surface area contributed by atoms with Crippen LogP contribution < -0.4 is 11.1 Å². The molecule has 0 unspecified atom stereocenters. The third-order valence-corrected chi connectivity index (χ3v) is 5.88. The number of amides is 2. The van der Waals surface area contributed by atoms with Gasteiger partial charge < -0.3 is 16.0 Å². The minimum Gasteiger partial charge on any atom is -0.342 e. The van der Waals surface area contributed by atoms with E-state index in [1.54, 1.807) is 16.7 Å². The second kappa shape index (κ2) is 8.88. The van der Waals surface area contributed by atoms with Crippen LogP contribution in [0.1, 0.15) is 24.8 Å². The van der Waals surface area contributed by atoms with Gasteiger partial charge in [-0.15, -0.1) is 11.8 Å². The maximum Gasteiger partial charge on any atom is 0.245 e. The van der Waals surface area contributed by atoms with Crippen LogP contribution in [0, 0.1) is 0 Å². The normalized spacial score (nSPS) is 23.7. The minimum atomic E-state index is -0.380. The summed E-state index contributed by atoms with van der Waals surface area (Å²) in [5.41, 5.74) is 6.76. The van der Waals surface area contributed by atoms with Crippen LogP contribution in [0.15, 0.2) is 29.2 Å². The van der Waals surface area contributed by atoms with Gasteiger partial charge in [-0.2, -0.15) is 0 Å². The van der Waals surface area contributed by atoms with E-state index in [2.05, 4.69) is 40.7 Å². The highest BCUT2D eigenvalue weighted by Gasteiger charge is 2.42. The highest BCUT2D eigenvalue weighted by molar-refractivity contribution is 7.98. The van der Waals surface area contributed by atoms with Gasteiger partial charge >= 0.3 is 0 Å². The highest BCUT2D eigenvalue weighted by atomic mass is 32.2. The van der Waals surface area contributed by atoms with Crippen molar-refractivity contribution in [1.82, 2.24) is 15.1 Å². The Kier molecular flexibility index (Phi) is 6.56. The summed E-state index contributed by atoms with van der Waals surface area (Å²) in [5, 5.41) is 2.93. The van der Waals surface area contributed by atoms with E-state index in [-0.39, 0.29) is 23.9 Å². The van der Waals surface area contributed by atoms with Crippen LogP contribution in [0.25, 0.3) is 0 Å². The van der Waals surface area contributed by atoms with Gasteiger partial charge in [-0.05, 0) is 49.8 Å². The predicted molar refractivity (Wildman–Crippen MR) is 104 cm³/mol. The molecule has 6 nitrogen and oxygen atoms in total. The van der Waals surface area contributed by atoms with Crippen molar-refractivity contribution in [2.45, 2.75) is 42.8 Å². The number of fused-ring (bicyclic) bond motifs is 1. The minimum absolute atomic E-state index is 0.0232. The molecule has 2 saturated heterocycles. The maximum absolute atomic E-state index is 12.7. The van der Waals surface area contributed by atoms with Crippen molar-refractivity contribution in [3.05, 3.63) is 29.8 Å². The second-order valence-corrected chi connectivity index (χ2v) is 7.86. The molecule has 2 heterocycles. The standard InChI is InChI=1S/C19H28N4O2S/c1-26-15-6-4-5-14(11-15)12-22-9-10-23-17(13-22)18(24)21-16(19(23)25)7-2-3-8-20/h4-6,11,16-17H,2-3,7-10,12-13,20H2,1H3,(H,21,24)/t16-,17+/m0/s1. The summed E-state index contributed by atoms with van der Waals surface area (Å²) < 4.78 is 0. The number of unbranched alkanes of at least 4 members (excludes halogenated alkanes) is 1. The van der Waals surface area contributed by atoms with Crippen molar-refractivity contribution in [2.24, 2.45) is 5.73 Å². The van der Waals surface area contributed by atoms with E-state index >= 15 is 0 Å². The van der Waals surface area contributed by atoms with Gasteiger partial charge in [0.15, 0.2) is 0 Å². The van der Waals surface area contributed by atoms with Gasteiger partial charge in [0.25, 0.3) is 0 Å². The molecule has 2 aliphatic heterocycles. The van der Waals surface area contributed by atoms with Crippen molar-refractivity contribution >= 4 is 23.6 Å². The number of thioether (sulfide) groups is 1. The molecule has 2 amide bonds. The molecule has 3 rings (SSSR count). The lowest BCUT2D eigenvalue weighted by molar-refractivity contribution is -0.153. The first-order valence-corrected chi connectivity index (χ1v) is 10.5. The first-order valence-electron chi connectivity index (χ1n) is 9.28. The van der Waals surface area contributed by atoms with Crippen molar-refractivity contribution < 1.29 is 9.59 Å². The fourth-order valence-electron chi connectivity index (χ4n) is 3.72. The number of nitrogens with two attached hydrogens (primary N) is 1. The molecule has 0 aromatic heterocycles. The van der Waals surface area contributed by atoms with Crippen LogP contribution in [0.2, 0.25) is 0 Å². The number of nitrogens with one attached hydrogen (secondary N) is 1. The van der Waals surface area contributed by atoms with E-state index in [1.165, 1.54) is 10.5 Å².